The van der Waals surface area contributed by atoms with Crippen molar-refractivity contribution in [1.29, 1.82) is 0 Å². The molecule has 2 rings (SSSR count). The van der Waals surface area contributed by atoms with E-state index in [9.17, 15) is 5.11 Å². The van der Waals surface area contributed by atoms with E-state index in [1.54, 1.807) is 7.11 Å². The van der Waals surface area contributed by atoms with Crippen LogP contribution in [0.4, 0.5) is 0 Å². The summed E-state index contributed by atoms with van der Waals surface area (Å²) < 4.78 is 10.9. The van der Waals surface area contributed by atoms with Crippen LogP contribution in [0.3, 0.4) is 0 Å². The molecule has 0 bridgehead atoms. The van der Waals surface area contributed by atoms with Crippen LogP contribution in [0.5, 0.6) is 11.5 Å². The molecule has 0 heterocycles. The fourth-order valence-corrected chi connectivity index (χ4v) is 1.95. The van der Waals surface area contributed by atoms with Gasteiger partial charge in [-0.2, -0.15) is 0 Å². The van der Waals surface area contributed by atoms with Crippen LogP contribution in [0, 0.1) is 0 Å². The normalized spacial score (nSPS) is 11.9. The highest BCUT2D eigenvalue weighted by molar-refractivity contribution is 5.30. The maximum absolute atomic E-state index is 9.73. The van der Waals surface area contributed by atoms with Gasteiger partial charge in [0.1, 0.15) is 18.1 Å². The van der Waals surface area contributed by atoms with Gasteiger partial charge in [-0.3, -0.25) is 0 Å². The summed E-state index contributed by atoms with van der Waals surface area (Å²) >= 11 is 0. The molecule has 2 aromatic carbocycles. The third-order valence-electron chi connectivity index (χ3n) is 3.19. The third-order valence-corrected chi connectivity index (χ3v) is 3.19. The molecule has 0 fully saturated rings. The average molecular weight is 272 g/mol. The van der Waals surface area contributed by atoms with Crippen LogP contribution in [0.1, 0.15) is 30.6 Å². The Hall–Kier alpha value is -2.00. The van der Waals surface area contributed by atoms with Crippen molar-refractivity contribution in [2.75, 3.05) is 7.11 Å². The van der Waals surface area contributed by atoms with E-state index in [1.165, 1.54) is 0 Å². The van der Waals surface area contributed by atoms with Gasteiger partial charge in [0, 0.05) is 0 Å². The summed E-state index contributed by atoms with van der Waals surface area (Å²) in [5.41, 5.74) is 1.98. The van der Waals surface area contributed by atoms with Crippen molar-refractivity contribution in [1.82, 2.24) is 0 Å². The quantitative estimate of drug-likeness (QED) is 0.871. The molecule has 0 radical (unpaired) electrons. The minimum Gasteiger partial charge on any atom is -0.497 e. The van der Waals surface area contributed by atoms with Gasteiger partial charge in [0.25, 0.3) is 0 Å². The lowest BCUT2D eigenvalue weighted by Gasteiger charge is -2.10. The van der Waals surface area contributed by atoms with Gasteiger partial charge in [0.15, 0.2) is 0 Å². The van der Waals surface area contributed by atoms with E-state index in [-0.39, 0.29) is 0 Å². The average Bonchev–Trinajstić information content (AvgIpc) is 2.53. The summed E-state index contributed by atoms with van der Waals surface area (Å²) in [7, 11) is 1.65. The Labute approximate surface area is 119 Å². The highest BCUT2D eigenvalue weighted by Gasteiger charge is 2.04. The van der Waals surface area contributed by atoms with Crippen LogP contribution in [0.2, 0.25) is 0 Å². The van der Waals surface area contributed by atoms with Crippen molar-refractivity contribution >= 4 is 0 Å². The summed E-state index contributed by atoms with van der Waals surface area (Å²) in [5.74, 6) is 1.62. The Morgan fingerprint density at radius 2 is 1.80 bits per heavy atom. The molecule has 2 aromatic rings. The van der Waals surface area contributed by atoms with Crippen molar-refractivity contribution in [3.8, 4) is 11.5 Å². The minimum atomic E-state index is -0.401. The van der Waals surface area contributed by atoms with E-state index in [0.717, 1.165) is 22.6 Å². The monoisotopic (exact) mass is 272 g/mol. The van der Waals surface area contributed by atoms with Gasteiger partial charge in [-0.25, -0.2) is 0 Å². The molecule has 0 saturated carbocycles. The molecule has 0 amide bonds. The van der Waals surface area contributed by atoms with E-state index in [0.29, 0.717) is 13.0 Å². The molecule has 0 aliphatic heterocycles. The van der Waals surface area contributed by atoms with Crippen LogP contribution < -0.4 is 9.47 Å². The van der Waals surface area contributed by atoms with Crippen molar-refractivity contribution in [3.05, 3.63) is 59.7 Å². The first-order valence-electron chi connectivity index (χ1n) is 6.76. The predicted octanol–water partition coefficient (Wildman–Crippen LogP) is 3.72. The van der Waals surface area contributed by atoms with E-state index in [1.807, 2.05) is 55.5 Å². The molecule has 1 N–H and O–H groups in total. The van der Waals surface area contributed by atoms with Crippen LogP contribution in [0.15, 0.2) is 48.5 Å². The smallest absolute Gasteiger partial charge is 0.119 e. The van der Waals surface area contributed by atoms with Gasteiger partial charge in [-0.1, -0.05) is 31.2 Å². The van der Waals surface area contributed by atoms with Gasteiger partial charge >= 0.3 is 0 Å². The zero-order chi connectivity index (χ0) is 14.4. The number of aliphatic hydroxyl groups excluding tert-OH is 1. The molecule has 3 nitrogen and oxygen atoms in total. The number of aliphatic hydroxyl groups is 1. The second-order valence-electron chi connectivity index (χ2n) is 4.63. The molecule has 106 valence electrons. The highest BCUT2D eigenvalue weighted by atomic mass is 16.5. The SMILES string of the molecule is CCC(O)c1ccc(OCc2cccc(OC)c2)cc1. The second kappa shape index (κ2) is 6.96. The number of ether oxygens (including phenoxy) is 2. The first-order valence-corrected chi connectivity index (χ1v) is 6.76. The fraction of sp³-hybridized carbons (Fsp3) is 0.294. The second-order valence-corrected chi connectivity index (χ2v) is 4.63. The first kappa shape index (κ1) is 14.4. The maximum Gasteiger partial charge on any atom is 0.119 e. The fourth-order valence-electron chi connectivity index (χ4n) is 1.95. The van der Waals surface area contributed by atoms with E-state index < -0.39 is 6.10 Å². The Morgan fingerprint density at radius 1 is 1.05 bits per heavy atom. The third kappa shape index (κ3) is 3.75. The van der Waals surface area contributed by atoms with Gasteiger partial charge in [-0.05, 0) is 41.8 Å². The van der Waals surface area contributed by atoms with Crippen molar-refractivity contribution in [3.63, 3.8) is 0 Å². The summed E-state index contributed by atoms with van der Waals surface area (Å²) in [4.78, 5) is 0. The molecular formula is C17H20O3. The van der Waals surface area contributed by atoms with Crippen LogP contribution in [0.25, 0.3) is 0 Å². The number of benzene rings is 2. The molecule has 1 unspecified atom stereocenters. The molecule has 0 aliphatic carbocycles. The summed E-state index contributed by atoms with van der Waals surface area (Å²) in [6, 6.07) is 15.4. The first-order chi connectivity index (χ1) is 9.72. The zero-order valence-electron chi connectivity index (χ0n) is 11.9. The Balaban J connectivity index is 1.96. The van der Waals surface area contributed by atoms with Gasteiger partial charge in [0.05, 0.1) is 13.2 Å². The van der Waals surface area contributed by atoms with Crippen LogP contribution >= 0.6 is 0 Å². The van der Waals surface area contributed by atoms with Gasteiger partial charge in [0.2, 0.25) is 0 Å². The molecule has 20 heavy (non-hydrogen) atoms. The maximum atomic E-state index is 9.73. The Kier molecular flexibility index (Phi) is 5.02. The summed E-state index contributed by atoms with van der Waals surface area (Å²) in [5, 5.41) is 9.73. The summed E-state index contributed by atoms with van der Waals surface area (Å²) in [6.45, 7) is 2.45. The lowest BCUT2D eigenvalue weighted by atomic mass is 10.1. The van der Waals surface area contributed by atoms with E-state index in [2.05, 4.69) is 0 Å². The highest BCUT2D eigenvalue weighted by Crippen LogP contribution is 2.21. The molecule has 1 atom stereocenters. The van der Waals surface area contributed by atoms with Crippen molar-refractivity contribution < 1.29 is 14.6 Å². The van der Waals surface area contributed by atoms with Gasteiger partial charge < -0.3 is 14.6 Å². The lowest BCUT2D eigenvalue weighted by molar-refractivity contribution is 0.173. The van der Waals surface area contributed by atoms with Crippen LogP contribution in [-0.2, 0) is 6.61 Å². The molecule has 0 aliphatic rings. The molecule has 0 spiro atoms. The zero-order valence-corrected chi connectivity index (χ0v) is 11.9. The topological polar surface area (TPSA) is 38.7 Å². The largest absolute Gasteiger partial charge is 0.497 e. The summed E-state index contributed by atoms with van der Waals surface area (Å²) in [6.07, 6.45) is 0.312. The molecule has 0 saturated heterocycles. The predicted molar refractivity (Wildman–Crippen MR) is 79.0 cm³/mol. The minimum absolute atomic E-state index is 0.401. The van der Waals surface area contributed by atoms with E-state index in [4.69, 9.17) is 9.47 Å². The molecule has 0 aromatic heterocycles. The molecule has 3 heteroatoms. The number of hydrogen-bond acceptors (Lipinski definition) is 3. The van der Waals surface area contributed by atoms with Crippen molar-refractivity contribution in [2.24, 2.45) is 0 Å². The lowest BCUT2D eigenvalue weighted by Crippen LogP contribution is -1.98. The molecular weight excluding hydrogens is 252 g/mol. The van der Waals surface area contributed by atoms with Gasteiger partial charge in [-0.15, -0.1) is 0 Å². The standard InChI is InChI=1S/C17H20O3/c1-3-17(18)14-7-9-15(10-8-14)20-12-13-5-4-6-16(11-13)19-2/h4-11,17-18H,3,12H2,1-2H3. The Morgan fingerprint density at radius 3 is 2.45 bits per heavy atom. The van der Waals surface area contributed by atoms with Crippen LogP contribution in [-0.4, -0.2) is 12.2 Å². The number of hydrogen-bond donors (Lipinski definition) is 1. The Bertz CT molecular complexity index is 534. The van der Waals surface area contributed by atoms with Crippen molar-refractivity contribution in [2.45, 2.75) is 26.1 Å². The number of methoxy groups -OCH3 is 1. The number of rotatable bonds is 6. The van der Waals surface area contributed by atoms with E-state index >= 15 is 0 Å².